The second-order valence-electron chi connectivity index (χ2n) is 19.7. The normalized spacial score (nSPS) is 19.4. The predicted octanol–water partition coefficient (Wildman–Crippen LogP) is 6.63. The van der Waals surface area contributed by atoms with Crippen molar-refractivity contribution < 1.29 is 23.9 Å². The Morgan fingerprint density at radius 1 is 0.845 bits per heavy atom. The van der Waals surface area contributed by atoms with Crippen LogP contribution >= 0.6 is 23.9 Å². The van der Waals surface area contributed by atoms with Gasteiger partial charge in [0.2, 0.25) is 17.8 Å². The Morgan fingerprint density at radius 3 is 2.31 bits per heavy atom. The van der Waals surface area contributed by atoms with E-state index in [2.05, 4.69) is 119 Å². The minimum atomic E-state index is -0.965. The van der Waals surface area contributed by atoms with Gasteiger partial charge in [-0.25, -0.2) is 4.98 Å². The van der Waals surface area contributed by atoms with E-state index >= 15 is 0 Å². The molecule has 7 heterocycles. The monoisotopic (exact) mass is 1040 g/mol. The number of aromatic nitrogens is 4. The lowest BCUT2D eigenvalue weighted by atomic mass is 9.91. The van der Waals surface area contributed by atoms with Crippen molar-refractivity contribution in [3.8, 4) is 16.9 Å². The molecule has 2 aromatic heterocycles. The highest BCUT2D eigenvalue weighted by Crippen LogP contribution is 2.42. The Hall–Kier alpha value is -5.94. The number of amides is 4. The molecule has 0 spiro atoms. The number of carbonyl (C=O) groups is 4. The zero-order valence-electron chi connectivity index (χ0n) is 41.3. The third kappa shape index (κ3) is 9.88. The fourth-order valence-electron chi connectivity index (χ4n) is 10.9. The quantitative estimate of drug-likeness (QED) is 0.0799. The summed E-state index contributed by atoms with van der Waals surface area (Å²) in [5.41, 5.74) is 9.12. The number of nitrogens with zero attached hydrogens (tertiary/aromatic N) is 9. The topological polar surface area (TPSA) is 173 Å². The van der Waals surface area contributed by atoms with Gasteiger partial charge in [0.15, 0.2) is 0 Å². The number of halogens is 1. The Balaban J connectivity index is 0.724. The fourth-order valence-corrected chi connectivity index (χ4v) is 12.6. The number of piperidine rings is 2. The van der Waals surface area contributed by atoms with Crippen LogP contribution in [0, 0.1) is 19.8 Å². The minimum absolute atomic E-state index is 0.0995. The van der Waals surface area contributed by atoms with Gasteiger partial charge in [-0.1, -0.05) is 14.0 Å². The summed E-state index contributed by atoms with van der Waals surface area (Å²) in [4.78, 5) is 71.3. The number of anilines is 6. The lowest BCUT2D eigenvalue weighted by molar-refractivity contribution is -0.136. The number of nitrogens with one attached hydrogen (secondary N) is 3. The van der Waals surface area contributed by atoms with E-state index < -0.39 is 23.8 Å². The zero-order chi connectivity index (χ0) is 49.7. The van der Waals surface area contributed by atoms with Crippen molar-refractivity contribution in [2.24, 2.45) is 13.0 Å². The van der Waals surface area contributed by atoms with Crippen LogP contribution in [0.1, 0.15) is 63.9 Å². The number of ether oxygens (including phenoxy) is 1. The van der Waals surface area contributed by atoms with Gasteiger partial charge in [-0.3, -0.25) is 43.9 Å². The fraction of sp³-hybridized carbons (Fsp3) is 0.442. The van der Waals surface area contributed by atoms with Crippen LogP contribution < -0.4 is 35.8 Å². The van der Waals surface area contributed by atoms with Crippen molar-refractivity contribution in [1.29, 1.82) is 0 Å². The molecule has 19 heteroatoms. The average molecular weight is 1050 g/mol. The van der Waals surface area contributed by atoms with Crippen molar-refractivity contribution >= 4 is 87.3 Å². The molecule has 1 atom stereocenters. The van der Waals surface area contributed by atoms with Crippen molar-refractivity contribution in [2.45, 2.75) is 58.0 Å². The Morgan fingerprint density at radius 2 is 1.61 bits per heavy atom. The number of benzene rings is 3. The van der Waals surface area contributed by atoms with Crippen molar-refractivity contribution in [3.05, 3.63) is 87.8 Å². The first-order valence-corrected chi connectivity index (χ1v) is 27.6. The first kappa shape index (κ1) is 48.7. The van der Waals surface area contributed by atoms with Crippen LogP contribution in [0.4, 0.5) is 34.5 Å². The summed E-state index contributed by atoms with van der Waals surface area (Å²) in [6.45, 7) is 17.6. The summed E-state index contributed by atoms with van der Waals surface area (Å²) in [5.74, 6) is 0.597. The standard InChI is InChI=1S/C52H62BrN12O5P/c1-31-7-10-41(47(32(31)2)71(5)6)56-48-40(53)27-54-52(59-48)57-42-24-38(34-26-55-60(3)28-34)44(25-45(42)70-4)63-21-19-61(20-22-63)16-13-33-14-17-62(18-15-33)36-29-64(30-36)35-8-9-37-39(23-35)51(69)65(50(37)68)43-11-12-46(66)58-49(43)67/h7-10,23-28,33,36,43H,11-22,29-30H2,1-6H3,(H,58,66,67)(H2,54,56,57,59). The van der Waals surface area contributed by atoms with Gasteiger partial charge in [-0.15, -0.1) is 0 Å². The lowest BCUT2D eigenvalue weighted by Crippen LogP contribution is -2.61. The molecule has 71 heavy (non-hydrogen) atoms. The third-order valence-electron chi connectivity index (χ3n) is 15.1. The van der Waals surface area contributed by atoms with Gasteiger partial charge in [0.25, 0.3) is 11.8 Å². The van der Waals surface area contributed by atoms with Gasteiger partial charge in [0.1, 0.15) is 17.6 Å². The molecule has 4 amide bonds. The Kier molecular flexibility index (Phi) is 13.9. The number of piperazine rings is 1. The van der Waals surface area contributed by atoms with Gasteiger partial charge in [-0.05, 0) is 136 Å². The van der Waals surface area contributed by atoms with Crippen LogP contribution in [0.5, 0.6) is 5.75 Å². The van der Waals surface area contributed by atoms with Crippen LogP contribution in [-0.2, 0) is 16.6 Å². The van der Waals surface area contributed by atoms with E-state index in [1.807, 2.05) is 24.0 Å². The molecule has 3 N–H and O–H groups in total. The first-order chi connectivity index (χ1) is 34.2. The minimum Gasteiger partial charge on any atom is -0.494 e. The first-order valence-electron chi connectivity index (χ1n) is 24.6. The smallest absolute Gasteiger partial charge is 0.262 e. The van der Waals surface area contributed by atoms with Crippen LogP contribution in [0.25, 0.3) is 11.1 Å². The van der Waals surface area contributed by atoms with E-state index in [4.69, 9.17) is 9.72 Å². The molecule has 372 valence electrons. The number of hydrogen-bond acceptors (Lipinski definition) is 14. The second-order valence-corrected chi connectivity index (χ2v) is 22.8. The van der Waals surface area contributed by atoms with Gasteiger partial charge >= 0.3 is 0 Å². The van der Waals surface area contributed by atoms with Crippen molar-refractivity contribution in [2.75, 3.05) is 99.8 Å². The Labute approximate surface area is 424 Å². The molecule has 5 aromatic rings. The van der Waals surface area contributed by atoms with E-state index in [-0.39, 0.29) is 26.7 Å². The van der Waals surface area contributed by atoms with E-state index in [9.17, 15) is 19.2 Å². The highest BCUT2D eigenvalue weighted by Gasteiger charge is 2.45. The molecule has 4 saturated heterocycles. The molecule has 10 rings (SSSR count). The van der Waals surface area contributed by atoms with Crippen molar-refractivity contribution in [1.82, 2.24) is 39.8 Å². The van der Waals surface area contributed by atoms with E-state index in [0.717, 1.165) is 102 Å². The molecule has 0 radical (unpaired) electrons. The summed E-state index contributed by atoms with van der Waals surface area (Å²) in [6.07, 6.45) is 9.54. The summed E-state index contributed by atoms with van der Waals surface area (Å²) in [6, 6.07) is 13.4. The van der Waals surface area contributed by atoms with Gasteiger partial charge < -0.3 is 25.2 Å². The van der Waals surface area contributed by atoms with E-state index in [1.165, 1.54) is 35.7 Å². The SMILES string of the molecule is COc1cc(N2CCN(CCC3CCN(C4CN(c5ccc6c(c5)C(=O)N(C5CCC(=O)NC5=O)C6=O)C4)CC3)CC2)c(-c2cnn(C)c2)cc1Nc1ncc(Br)c(Nc2ccc(C)c(C)c2P(C)C)n1. The van der Waals surface area contributed by atoms with Crippen LogP contribution in [0.2, 0.25) is 0 Å². The number of carbonyl (C=O) groups excluding carboxylic acids is 4. The number of methoxy groups -OCH3 is 1. The lowest BCUT2D eigenvalue weighted by Gasteiger charge is -2.49. The highest BCUT2D eigenvalue weighted by molar-refractivity contribution is 9.10. The summed E-state index contributed by atoms with van der Waals surface area (Å²) < 4.78 is 8.65. The number of rotatable bonds is 14. The van der Waals surface area contributed by atoms with Gasteiger partial charge in [0, 0.05) is 111 Å². The molecule has 5 aliphatic heterocycles. The molecule has 17 nitrogen and oxygen atoms in total. The third-order valence-corrected chi connectivity index (χ3v) is 17.2. The summed E-state index contributed by atoms with van der Waals surface area (Å²) in [5, 5.41) is 15.2. The largest absolute Gasteiger partial charge is 0.494 e. The average Bonchev–Trinajstić information content (AvgIpc) is 3.89. The zero-order valence-corrected chi connectivity index (χ0v) is 43.8. The van der Waals surface area contributed by atoms with E-state index in [0.29, 0.717) is 40.6 Å². The number of fused-ring (bicyclic) bond motifs is 1. The number of hydrogen-bond donors (Lipinski definition) is 3. The molecular formula is C52H62BrN12O5P. The van der Waals surface area contributed by atoms with Crippen LogP contribution in [0.3, 0.4) is 0 Å². The molecular weight excluding hydrogens is 984 g/mol. The number of aryl methyl sites for hydroxylation is 2. The van der Waals surface area contributed by atoms with Crippen LogP contribution in [0.15, 0.2) is 65.5 Å². The highest BCUT2D eigenvalue weighted by atomic mass is 79.9. The molecule has 0 aliphatic carbocycles. The predicted molar refractivity (Wildman–Crippen MR) is 282 cm³/mol. The summed E-state index contributed by atoms with van der Waals surface area (Å²) in [7, 11) is 3.28. The van der Waals surface area contributed by atoms with Gasteiger partial charge in [-0.2, -0.15) is 10.1 Å². The maximum absolute atomic E-state index is 13.4. The number of imide groups is 2. The molecule has 1 unspecified atom stereocenters. The molecule has 0 bridgehead atoms. The number of likely N-dealkylation sites (tertiary alicyclic amines) is 1. The molecule has 3 aromatic carbocycles. The summed E-state index contributed by atoms with van der Waals surface area (Å²) >= 11 is 3.68. The van der Waals surface area contributed by atoms with Crippen molar-refractivity contribution in [3.63, 3.8) is 0 Å². The van der Waals surface area contributed by atoms with Crippen LogP contribution in [-0.4, -0.2) is 150 Å². The maximum atomic E-state index is 13.4. The molecule has 5 aliphatic rings. The maximum Gasteiger partial charge on any atom is 0.262 e. The van der Waals surface area contributed by atoms with Gasteiger partial charge in [0.05, 0.1) is 34.6 Å². The van der Waals surface area contributed by atoms with E-state index in [1.54, 1.807) is 25.4 Å². The molecule has 0 saturated carbocycles. The second kappa shape index (κ2) is 20.3. The molecule has 4 fully saturated rings. The Bertz CT molecular complexity index is 2890.